The average Bonchev–Trinajstić information content (AvgIpc) is 2.25. The molecule has 2 N–H and O–H groups in total. The lowest BCUT2D eigenvalue weighted by atomic mass is 10.1. The molecule has 1 rings (SSSR count). The minimum Gasteiger partial charge on any atom is -0.478 e. The number of aromatic carboxylic acids is 1. The molecule has 4 nitrogen and oxygen atoms in total. The maximum atomic E-state index is 10.9. The van der Waals surface area contributed by atoms with E-state index in [4.69, 9.17) is 5.11 Å². The fraction of sp³-hybridized carbons (Fsp3) is 0.417. The third kappa shape index (κ3) is 3.24. The molecule has 0 bridgehead atoms. The molecule has 0 saturated carbocycles. The lowest BCUT2D eigenvalue weighted by Gasteiger charge is -2.21. The molecule has 0 aliphatic heterocycles. The summed E-state index contributed by atoms with van der Waals surface area (Å²) in [5.74, 6) is -0.902. The zero-order valence-electron chi connectivity index (χ0n) is 9.90. The molecule has 0 amide bonds. The first-order chi connectivity index (χ1) is 7.52. The van der Waals surface area contributed by atoms with Gasteiger partial charge in [-0.3, -0.25) is 0 Å². The van der Waals surface area contributed by atoms with Gasteiger partial charge in [0.25, 0.3) is 0 Å². The second kappa shape index (κ2) is 5.51. The molecular formula is C12H18N2O2. The van der Waals surface area contributed by atoms with Crippen LogP contribution < -0.4 is 5.32 Å². The van der Waals surface area contributed by atoms with E-state index in [0.29, 0.717) is 17.3 Å². The molecule has 0 aliphatic carbocycles. The van der Waals surface area contributed by atoms with Crippen LogP contribution in [0.1, 0.15) is 17.3 Å². The van der Waals surface area contributed by atoms with Gasteiger partial charge < -0.3 is 15.3 Å². The molecule has 0 spiro atoms. The van der Waals surface area contributed by atoms with Crippen LogP contribution >= 0.6 is 0 Å². The van der Waals surface area contributed by atoms with Crippen molar-refractivity contribution in [2.75, 3.05) is 26.0 Å². The van der Waals surface area contributed by atoms with Crippen molar-refractivity contribution in [3.8, 4) is 0 Å². The van der Waals surface area contributed by atoms with Gasteiger partial charge in [0, 0.05) is 18.3 Å². The first-order valence-corrected chi connectivity index (χ1v) is 5.25. The Bertz CT molecular complexity index is 364. The largest absolute Gasteiger partial charge is 0.478 e. The van der Waals surface area contributed by atoms with Crippen LogP contribution in [0.5, 0.6) is 0 Å². The van der Waals surface area contributed by atoms with E-state index in [1.54, 1.807) is 18.2 Å². The van der Waals surface area contributed by atoms with Crippen molar-refractivity contribution in [2.45, 2.75) is 13.0 Å². The van der Waals surface area contributed by atoms with Crippen LogP contribution in [0, 0.1) is 0 Å². The molecule has 4 heteroatoms. The predicted molar refractivity (Wildman–Crippen MR) is 65.0 cm³/mol. The third-order valence-electron chi connectivity index (χ3n) is 2.63. The molecule has 1 unspecified atom stereocenters. The van der Waals surface area contributed by atoms with Crippen LogP contribution in [-0.4, -0.2) is 42.7 Å². The number of nitrogens with zero attached hydrogens (tertiary/aromatic N) is 1. The number of likely N-dealkylation sites (N-methyl/N-ethyl adjacent to an activating group) is 1. The van der Waals surface area contributed by atoms with Crippen LogP contribution in [0.2, 0.25) is 0 Å². The number of para-hydroxylation sites is 1. The van der Waals surface area contributed by atoms with Gasteiger partial charge >= 0.3 is 5.97 Å². The fourth-order valence-electron chi connectivity index (χ4n) is 1.26. The van der Waals surface area contributed by atoms with Gasteiger partial charge in [0.2, 0.25) is 0 Å². The minimum atomic E-state index is -0.902. The number of carboxylic acid groups (broad SMARTS) is 1. The Kier molecular flexibility index (Phi) is 4.31. The second-order valence-electron chi connectivity index (χ2n) is 4.04. The number of carbonyl (C=O) groups is 1. The van der Waals surface area contributed by atoms with Gasteiger partial charge in [-0.1, -0.05) is 12.1 Å². The number of rotatable bonds is 5. The van der Waals surface area contributed by atoms with E-state index in [-0.39, 0.29) is 0 Å². The summed E-state index contributed by atoms with van der Waals surface area (Å²) >= 11 is 0. The van der Waals surface area contributed by atoms with Crippen molar-refractivity contribution in [1.82, 2.24) is 4.90 Å². The summed E-state index contributed by atoms with van der Waals surface area (Å²) in [6.07, 6.45) is 0. The third-order valence-corrected chi connectivity index (χ3v) is 2.63. The van der Waals surface area contributed by atoms with E-state index in [0.717, 1.165) is 6.54 Å². The van der Waals surface area contributed by atoms with Gasteiger partial charge in [0.1, 0.15) is 0 Å². The van der Waals surface area contributed by atoms with Gasteiger partial charge in [-0.25, -0.2) is 4.79 Å². The summed E-state index contributed by atoms with van der Waals surface area (Å²) in [6, 6.07) is 7.29. The highest BCUT2D eigenvalue weighted by Crippen LogP contribution is 2.14. The molecule has 0 heterocycles. The van der Waals surface area contributed by atoms with E-state index in [1.807, 2.05) is 20.2 Å². The molecule has 0 saturated heterocycles. The number of hydrogen-bond acceptors (Lipinski definition) is 3. The van der Waals surface area contributed by atoms with Crippen LogP contribution in [0.4, 0.5) is 5.69 Å². The van der Waals surface area contributed by atoms with Crippen molar-refractivity contribution < 1.29 is 9.90 Å². The number of benzene rings is 1. The summed E-state index contributed by atoms with van der Waals surface area (Å²) in [7, 11) is 3.99. The standard InChI is InChI=1S/C12H18N2O2/c1-9(14(2)3)8-13-11-7-5-4-6-10(11)12(15)16/h4-7,9,13H,8H2,1-3H3,(H,15,16). The molecule has 88 valence electrons. The van der Waals surface area contributed by atoms with Crippen LogP contribution in [-0.2, 0) is 0 Å². The summed E-state index contributed by atoms with van der Waals surface area (Å²) in [5.41, 5.74) is 0.983. The van der Waals surface area contributed by atoms with Crippen LogP contribution in [0.25, 0.3) is 0 Å². The van der Waals surface area contributed by atoms with E-state index < -0.39 is 5.97 Å². The van der Waals surface area contributed by atoms with Crippen LogP contribution in [0.3, 0.4) is 0 Å². The summed E-state index contributed by atoms with van der Waals surface area (Å²) in [5, 5.41) is 12.1. The summed E-state index contributed by atoms with van der Waals surface area (Å²) in [4.78, 5) is 13.0. The monoisotopic (exact) mass is 222 g/mol. The molecule has 1 aromatic carbocycles. The number of hydrogen-bond donors (Lipinski definition) is 2. The van der Waals surface area contributed by atoms with Crippen molar-refractivity contribution in [3.63, 3.8) is 0 Å². The number of nitrogens with one attached hydrogen (secondary N) is 1. The van der Waals surface area contributed by atoms with Crippen molar-refractivity contribution >= 4 is 11.7 Å². The first kappa shape index (κ1) is 12.5. The molecule has 0 aliphatic rings. The van der Waals surface area contributed by atoms with E-state index in [1.165, 1.54) is 0 Å². The summed E-state index contributed by atoms with van der Waals surface area (Å²) in [6.45, 7) is 2.80. The van der Waals surface area contributed by atoms with Crippen molar-refractivity contribution in [2.24, 2.45) is 0 Å². The van der Waals surface area contributed by atoms with Gasteiger partial charge in [0.15, 0.2) is 0 Å². The highest BCUT2D eigenvalue weighted by molar-refractivity contribution is 5.94. The van der Waals surface area contributed by atoms with Gasteiger partial charge in [-0.2, -0.15) is 0 Å². The minimum absolute atomic E-state index is 0.313. The number of anilines is 1. The van der Waals surface area contributed by atoms with Gasteiger partial charge in [0.05, 0.1) is 5.56 Å². The zero-order chi connectivity index (χ0) is 12.1. The Hall–Kier alpha value is -1.55. The molecular weight excluding hydrogens is 204 g/mol. The SMILES string of the molecule is CC(CNc1ccccc1C(=O)O)N(C)C. The molecule has 0 aromatic heterocycles. The lowest BCUT2D eigenvalue weighted by molar-refractivity contribution is 0.0698. The topological polar surface area (TPSA) is 52.6 Å². The maximum Gasteiger partial charge on any atom is 0.337 e. The van der Waals surface area contributed by atoms with Crippen molar-refractivity contribution in [3.05, 3.63) is 29.8 Å². The van der Waals surface area contributed by atoms with Crippen LogP contribution in [0.15, 0.2) is 24.3 Å². The Labute approximate surface area is 95.9 Å². The van der Waals surface area contributed by atoms with E-state index >= 15 is 0 Å². The molecule has 16 heavy (non-hydrogen) atoms. The van der Waals surface area contributed by atoms with E-state index in [2.05, 4.69) is 17.1 Å². The predicted octanol–water partition coefficient (Wildman–Crippen LogP) is 1.75. The maximum absolute atomic E-state index is 10.9. The Morgan fingerprint density at radius 1 is 1.44 bits per heavy atom. The second-order valence-corrected chi connectivity index (χ2v) is 4.04. The average molecular weight is 222 g/mol. The summed E-state index contributed by atoms with van der Waals surface area (Å²) < 4.78 is 0. The smallest absolute Gasteiger partial charge is 0.337 e. The fourth-order valence-corrected chi connectivity index (χ4v) is 1.26. The Morgan fingerprint density at radius 2 is 2.06 bits per heavy atom. The molecule has 0 fully saturated rings. The highest BCUT2D eigenvalue weighted by Gasteiger charge is 2.10. The van der Waals surface area contributed by atoms with Gasteiger partial charge in [-0.05, 0) is 33.2 Å². The van der Waals surface area contributed by atoms with E-state index in [9.17, 15) is 4.79 Å². The molecule has 1 atom stereocenters. The molecule has 0 radical (unpaired) electrons. The van der Waals surface area contributed by atoms with Gasteiger partial charge in [-0.15, -0.1) is 0 Å². The highest BCUT2D eigenvalue weighted by atomic mass is 16.4. The quantitative estimate of drug-likeness (QED) is 0.797. The Balaban J connectivity index is 2.70. The Morgan fingerprint density at radius 3 is 2.62 bits per heavy atom. The zero-order valence-corrected chi connectivity index (χ0v) is 9.90. The lowest BCUT2D eigenvalue weighted by Crippen LogP contribution is -2.31. The van der Waals surface area contributed by atoms with Crippen molar-refractivity contribution in [1.29, 1.82) is 0 Å². The normalized spacial score (nSPS) is 12.5. The first-order valence-electron chi connectivity index (χ1n) is 5.25. The number of carboxylic acids is 1. The molecule has 1 aromatic rings.